The van der Waals surface area contributed by atoms with E-state index in [0.29, 0.717) is 59.9 Å². The van der Waals surface area contributed by atoms with Gasteiger partial charge in [-0.2, -0.15) is 0 Å². The molecule has 0 bridgehead atoms. The molecule has 0 saturated carbocycles. The zero-order chi connectivity index (χ0) is 53.3. The molecular weight excluding hydrogens is 1080 g/mol. The van der Waals surface area contributed by atoms with E-state index in [9.17, 15) is 28.8 Å². The number of ether oxygens (including phenoxy) is 2. The third-order valence-corrected chi connectivity index (χ3v) is 14.9. The number of anilines is 4. The summed E-state index contributed by atoms with van der Waals surface area (Å²) in [6.45, 7) is 1.74. The number of rotatable bonds is 19. The van der Waals surface area contributed by atoms with Crippen molar-refractivity contribution in [2.24, 2.45) is 0 Å². The van der Waals surface area contributed by atoms with Gasteiger partial charge in [0, 0.05) is 32.9 Å². The summed E-state index contributed by atoms with van der Waals surface area (Å²) in [7, 11) is 6.48. The van der Waals surface area contributed by atoms with Gasteiger partial charge in [0.15, 0.2) is 0 Å². The van der Waals surface area contributed by atoms with Crippen LogP contribution in [-0.4, -0.2) is 102 Å². The van der Waals surface area contributed by atoms with Crippen molar-refractivity contribution in [3.05, 3.63) is 129 Å². The molecule has 0 spiro atoms. The second kappa shape index (κ2) is 24.7. The number of benzene rings is 6. The lowest BCUT2D eigenvalue weighted by Gasteiger charge is -2.27. The van der Waals surface area contributed by atoms with Crippen molar-refractivity contribution in [2.75, 3.05) is 67.5 Å². The van der Waals surface area contributed by atoms with Crippen molar-refractivity contribution in [3.8, 4) is 11.5 Å². The van der Waals surface area contributed by atoms with E-state index in [4.69, 9.17) is 9.47 Å². The Labute approximate surface area is 453 Å². The molecule has 2 heterocycles. The van der Waals surface area contributed by atoms with Crippen molar-refractivity contribution in [3.63, 3.8) is 0 Å². The lowest BCUT2D eigenvalue weighted by molar-refractivity contribution is -0.128. The van der Waals surface area contributed by atoms with Crippen molar-refractivity contribution >= 4 is 112 Å². The number of nitrogens with one attached hydrogen (secondary N) is 4. The van der Waals surface area contributed by atoms with Gasteiger partial charge in [-0.1, -0.05) is 93.2 Å². The van der Waals surface area contributed by atoms with Gasteiger partial charge < -0.3 is 50.3 Å². The van der Waals surface area contributed by atoms with E-state index in [-0.39, 0.29) is 81.0 Å². The molecule has 3 unspecified atom stereocenters. The normalized spacial score (nSPS) is 16.0. The fourth-order valence-electron chi connectivity index (χ4n) is 9.91. The van der Waals surface area contributed by atoms with Gasteiger partial charge in [0.25, 0.3) is 11.8 Å². The van der Waals surface area contributed by atoms with Crippen LogP contribution >= 0.6 is 31.9 Å². The molecule has 0 radical (unpaired) electrons. The Morgan fingerprint density at radius 3 is 1.47 bits per heavy atom. The lowest BCUT2D eigenvalue weighted by atomic mass is 10.0. The maximum absolute atomic E-state index is 14.8. The third kappa shape index (κ3) is 12.1. The summed E-state index contributed by atoms with van der Waals surface area (Å²) in [6.07, 6.45) is 2.58. The molecule has 2 aliphatic heterocycles. The van der Waals surface area contributed by atoms with Crippen LogP contribution in [-0.2, 0) is 41.9 Å². The minimum Gasteiger partial charge on any atom is -0.496 e. The Balaban J connectivity index is 0.979. The molecule has 0 fully saturated rings. The van der Waals surface area contributed by atoms with Crippen molar-refractivity contribution in [1.82, 2.24) is 21.3 Å². The molecule has 0 aliphatic carbocycles. The lowest BCUT2D eigenvalue weighted by Crippen LogP contribution is -2.55. The second-order valence-corrected chi connectivity index (χ2v) is 20.5. The quantitative estimate of drug-likeness (QED) is 0.0579. The standard InChI is InChI=1S/C57H62Br2N8O8/c1-35(61-3)55(71)63-45-34-65(47-15-11-13-17-49(47)67(57(45)73)32-43-41-25-23-39(59)29-37(41)21-27-51(43)75-5)54(70)19-9-7-6-8-18-53(69)64-33-44(62-52(68)30-60-2)56(72)66(48-16-12-10-14-46(48)64)31-42-40-24-22-38(58)28-36(40)20-26-50(42)74-4/h10-17,20-29,35,44-45,60-61H,6-9,18-19,30-34H2,1-5H3,(H,62,68)(H,63,71). The summed E-state index contributed by atoms with van der Waals surface area (Å²) >= 11 is 7.14. The molecular formula is C57H62Br2N8O8. The first-order valence-corrected chi connectivity index (χ1v) is 26.7. The average Bonchev–Trinajstić information content (AvgIpc) is 3.60. The Hall–Kier alpha value is -6.86. The highest BCUT2D eigenvalue weighted by Crippen LogP contribution is 2.40. The maximum Gasteiger partial charge on any atom is 0.251 e. The van der Waals surface area contributed by atoms with E-state index in [2.05, 4.69) is 53.1 Å². The summed E-state index contributed by atoms with van der Waals surface area (Å²) in [4.78, 5) is 91.4. The highest BCUT2D eigenvalue weighted by molar-refractivity contribution is 9.10. The molecule has 6 aromatic carbocycles. The molecule has 392 valence electrons. The van der Waals surface area contributed by atoms with Crippen LogP contribution in [0.25, 0.3) is 21.5 Å². The van der Waals surface area contributed by atoms with Gasteiger partial charge in [0.2, 0.25) is 23.6 Å². The number of methoxy groups -OCH3 is 2. The predicted molar refractivity (Wildman–Crippen MR) is 300 cm³/mol. The molecule has 16 nitrogen and oxygen atoms in total. The number of unbranched alkanes of at least 4 members (excludes halogenated alkanes) is 3. The van der Waals surface area contributed by atoms with Gasteiger partial charge in [-0.05, 0) is 116 Å². The van der Waals surface area contributed by atoms with E-state index < -0.39 is 18.1 Å². The van der Waals surface area contributed by atoms with Crippen LogP contribution in [0, 0.1) is 0 Å². The molecule has 6 amide bonds. The molecule has 0 saturated heterocycles. The summed E-state index contributed by atoms with van der Waals surface area (Å²) < 4.78 is 13.5. The molecule has 6 aromatic rings. The summed E-state index contributed by atoms with van der Waals surface area (Å²) in [6, 6.07) is 31.3. The molecule has 4 N–H and O–H groups in total. The molecule has 3 atom stereocenters. The van der Waals surface area contributed by atoms with Crippen LogP contribution < -0.4 is 50.3 Å². The van der Waals surface area contributed by atoms with E-state index in [0.717, 1.165) is 41.6 Å². The second-order valence-electron chi connectivity index (χ2n) is 18.7. The summed E-state index contributed by atoms with van der Waals surface area (Å²) in [5.41, 5.74) is 3.68. The summed E-state index contributed by atoms with van der Waals surface area (Å²) in [5, 5.41) is 15.3. The molecule has 0 aromatic heterocycles. The van der Waals surface area contributed by atoms with Gasteiger partial charge in [-0.3, -0.25) is 28.8 Å². The smallest absolute Gasteiger partial charge is 0.251 e. The van der Waals surface area contributed by atoms with Crippen LogP contribution in [0.15, 0.2) is 118 Å². The number of likely N-dealkylation sites (N-methyl/N-ethyl adjacent to an activating group) is 2. The number of hydrogen-bond donors (Lipinski definition) is 4. The Morgan fingerprint density at radius 1 is 0.600 bits per heavy atom. The molecule has 18 heteroatoms. The number of nitrogens with zero attached hydrogens (tertiary/aromatic N) is 4. The van der Waals surface area contributed by atoms with E-state index >= 15 is 0 Å². The zero-order valence-corrected chi connectivity index (χ0v) is 45.9. The SMILES string of the molecule is CNCC(=O)NC1CN(C(=O)CCCCCCC(=O)N2CC(NC(=O)C(C)NC)C(=O)N(Cc3c(OC)ccc4cc(Br)ccc34)c3ccccc32)c2ccccc2N(Cc2c(OC)ccc3cc(Br)ccc23)C1=O. The fourth-order valence-corrected chi connectivity index (χ4v) is 10.7. The number of fused-ring (bicyclic) bond motifs is 4. The minimum atomic E-state index is -1.07. The van der Waals surface area contributed by atoms with Gasteiger partial charge in [0.1, 0.15) is 23.6 Å². The van der Waals surface area contributed by atoms with Crippen LogP contribution in [0.4, 0.5) is 22.7 Å². The summed E-state index contributed by atoms with van der Waals surface area (Å²) in [5.74, 6) is -0.737. The van der Waals surface area contributed by atoms with E-state index in [1.165, 1.54) is 0 Å². The predicted octanol–water partition coefficient (Wildman–Crippen LogP) is 8.13. The largest absolute Gasteiger partial charge is 0.496 e. The van der Waals surface area contributed by atoms with Crippen molar-refractivity contribution in [2.45, 2.75) is 76.7 Å². The third-order valence-electron chi connectivity index (χ3n) is 13.9. The van der Waals surface area contributed by atoms with E-state index in [1.54, 1.807) is 54.8 Å². The number of halogens is 2. The molecule has 2 aliphatic rings. The number of carbonyl (C=O) groups excluding carboxylic acids is 6. The molecule has 75 heavy (non-hydrogen) atoms. The zero-order valence-electron chi connectivity index (χ0n) is 42.7. The topological polar surface area (TPSA) is 182 Å². The van der Waals surface area contributed by atoms with Gasteiger partial charge in [0.05, 0.1) is 75.7 Å². The van der Waals surface area contributed by atoms with Gasteiger partial charge >= 0.3 is 0 Å². The first-order chi connectivity index (χ1) is 36.2. The van der Waals surface area contributed by atoms with E-state index in [1.807, 2.05) is 109 Å². The monoisotopic (exact) mass is 1140 g/mol. The number of hydrogen-bond acceptors (Lipinski definition) is 10. The maximum atomic E-state index is 14.8. The van der Waals surface area contributed by atoms with Gasteiger partial charge in [-0.15, -0.1) is 0 Å². The first-order valence-electron chi connectivity index (χ1n) is 25.1. The minimum absolute atomic E-state index is 0.0206. The Bertz CT molecular complexity index is 3140. The van der Waals surface area contributed by atoms with Crippen molar-refractivity contribution in [1.29, 1.82) is 0 Å². The number of carbonyl (C=O) groups is 6. The fraction of sp³-hybridized carbons (Fsp3) is 0.333. The Morgan fingerprint density at radius 2 is 1.04 bits per heavy atom. The highest BCUT2D eigenvalue weighted by atomic mass is 79.9. The van der Waals surface area contributed by atoms with Crippen LogP contribution in [0.3, 0.4) is 0 Å². The van der Waals surface area contributed by atoms with Gasteiger partial charge in [-0.25, -0.2) is 0 Å². The van der Waals surface area contributed by atoms with Crippen LogP contribution in [0.1, 0.15) is 56.6 Å². The number of para-hydroxylation sites is 4. The van der Waals surface area contributed by atoms with Crippen LogP contribution in [0.5, 0.6) is 11.5 Å². The van der Waals surface area contributed by atoms with Crippen LogP contribution in [0.2, 0.25) is 0 Å². The average molecular weight is 1150 g/mol. The number of amides is 6. The van der Waals surface area contributed by atoms with Crippen molar-refractivity contribution < 1.29 is 38.2 Å². The Kier molecular flexibility index (Phi) is 17.9. The molecule has 8 rings (SSSR count). The highest BCUT2D eigenvalue weighted by Gasteiger charge is 2.39. The first kappa shape index (κ1) is 54.4.